The summed E-state index contributed by atoms with van der Waals surface area (Å²) in [6, 6.07) is 12.1. The molecule has 5 nitrogen and oxygen atoms in total. The number of hydrogen-bond donors (Lipinski definition) is 1. The lowest BCUT2D eigenvalue weighted by Crippen LogP contribution is -2.40. The van der Waals surface area contributed by atoms with E-state index in [4.69, 9.17) is 9.47 Å². The van der Waals surface area contributed by atoms with Gasteiger partial charge in [0.15, 0.2) is 6.61 Å². The van der Waals surface area contributed by atoms with Crippen LogP contribution in [0.15, 0.2) is 42.6 Å². The molecule has 0 atom stereocenters. The molecule has 1 aliphatic heterocycles. The summed E-state index contributed by atoms with van der Waals surface area (Å²) in [5, 5.41) is 1.22. The second-order valence-electron chi connectivity index (χ2n) is 7.85. The van der Waals surface area contributed by atoms with Crippen molar-refractivity contribution in [3.8, 4) is 11.5 Å². The third-order valence-corrected chi connectivity index (χ3v) is 6.05. The molecule has 0 radical (unpaired) electrons. The summed E-state index contributed by atoms with van der Waals surface area (Å²) in [6.45, 7) is 5.73. The summed E-state index contributed by atoms with van der Waals surface area (Å²) in [7, 11) is 1.69. The van der Waals surface area contributed by atoms with E-state index in [0.717, 1.165) is 42.9 Å². The average molecular weight is 392 g/mol. The van der Waals surface area contributed by atoms with E-state index in [1.165, 1.54) is 22.1 Å². The fourth-order valence-electron chi connectivity index (χ4n) is 4.07. The zero-order valence-corrected chi connectivity index (χ0v) is 17.3. The molecule has 2 heterocycles. The maximum atomic E-state index is 12.6. The van der Waals surface area contributed by atoms with Crippen LogP contribution in [-0.2, 0) is 4.79 Å². The van der Waals surface area contributed by atoms with Crippen molar-refractivity contribution in [1.29, 1.82) is 0 Å². The Bertz CT molecular complexity index is 1020. The van der Waals surface area contributed by atoms with Crippen LogP contribution in [0.25, 0.3) is 10.9 Å². The van der Waals surface area contributed by atoms with Crippen molar-refractivity contribution < 1.29 is 14.3 Å². The van der Waals surface area contributed by atoms with Crippen LogP contribution < -0.4 is 9.47 Å². The molecule has 4 rings (SSSR count). The number of piperidine rings is 1. The summed E-state index contributed by atoms with van der Waals surface area (Å²) in [5.74, 6) is 2.13. The molecular formula is C24H28N2O3. The minimum Gasteiger partial charge on any atom is -0.497 e. The van der Waals surface area contributed by atoms with E-state index in [1.54, 1.807) is 7.11 Å². The Morgan fingerprint density at radius 1 is 1.07 bits per heavy atom. The van der Waals surface area contributed by atoms with Crippen molar-refractivity contribution in [3.63, 3.8) is 0 Å². The first-order valence-electron chi connectivity index (χ1n) is 10.2. The first kappa shape index (κ1) is 19.4. The van der Waals surface area contributed by atoms with Gasteiger partial charge < -0.3 is 19.4 Å². The molecule has 2 aromatic carbocycles. The van der Waals surface area contributed by atoms with Crippen LogP contribution in [-0.4, -0.2) is 42.6 Å². The quantitative estimate of drug-likeness (QED) is 0.692. The molecule has 152 valence electrons. The van der Waals surface area contributed by atoms with Crippen molar-refractivity contribution in [1.82, 2.24) is 9.88 Å². The van der Waals surface area contributed by atoms with Crippen LogP contribution in [0.5, 0.6) is 11.5 Å². The average Bonchev–Trinajstić information content (AvgIpc) is 3.17. The maximum absolute atomic E-state index is 12.6. The molecule has 0 spiro atoms. The SMILES string of the molecule is COc1ccc2[nH]cc(C3CCN(C(=O)COc4ccc(C)c(C)c4)CC3)c2c1. The van der Waals surface area contributed by atoms with E-state index < -0.39 is 0 Å². The lowest BCUT2D eigenvalue weighted by atomic mass is 9.89. The standard InChI is InChI=1S/C24H28N2O3/c1-16-4-5-20(12-17(16)2)29-15-24(27)26-10-8-18(9-11-26)22-14-25-23-7-6-19(28-3)13-21(22)23/h4-7,12-14,18,25H,8-11,15H2,1-3H3. The van der Waals surface area contributed by atoms with Crippen LogP contribution in [0, 0.1) is 13.8 Å². The highest BCUT2D eigenvalue weighted by atomic mass is 16.5. The third-order valence-electron chi connectivity index (χ3n) is 6.05. The van der Waals surface area contributed by atoms with Gasteiger partial charge in [0.05, 0.1) is 7.11 Å². The molecule has 1 saturated heterocycles. The van der Waals surface area contributed by atoms with E-state index in [9.17, 15) is 4.79 Å². The molecular weight excluding hydrogens is 364 g/mol. The molecule has 0 unspecified atom stereocenters. The van der Waals surface area contributed by atoms with Gasteiger partial charge in [0.2, 0.25) is 0 Å². The number of carbonyl (C=O) groups excluding carboxylic acids is 1. The van der Waals surface area contributed by atoms with Crippen LogP contribution in [0.2, 0.25) is 0 Å². The van der Waals surface area contributed by atoms with E-state index in [-0.39, 0.29) is 12.5 Å². The predicted molar refractivity (Wildman–Crippen MR) is 115 cm³/mol. The Morgan fingerprint density at radius 2 is 1.83 bits per heavy atom. The molecule has 1 aliphatic rings. The van der Waals surface area contributed by atoms with E-state index in [0.29, 0.717) is 5.92 Å². The Hall–Kier alpha value is -2.95. The van der Waals surface area contributed by atoms with Crippen LogP contribution >= 0.6 is 0 Å². The van der Waals surface area contributed by atoms with Crippen molar-refractivity contribution in [2.24, 2.45) is 0 Å². The fraction of sp³-hybridized carbons (Fsp3) is 0.375. The van der Waals surface area contributed by atoms with E-state index >= 15 is 0 Å². The number of fused-ring (bicyclic) bond motifs is 1. The number of H-pyrrole nitrogens is 1. The lowest BCUT2D eigenvalue weighted by molar-refractivity contribution is -0.134. The van der Waals surface area contributed by atoms with Crippen molar-refractivity contribution in [3.05, 3.63) is 59.3 Å². The number of nitrogens with one attached hydrogen (secondary N) is 1. The molecule has 3 aromatic rings. The van der Waals surface area contributed by atoms with Gasteiger partial charge in [-0.15, -0.1) is 0 Å². The number of rotatable bonds is 5. The number of amides is 1. The van der Waals surface area contributed by atoms with Crippen molar-refractivity contribution in [2.45, 2.75) is 32.6 Å². The van der Waals surface area contributed by atoms with Gasteiger partial charge in [0.1, 0.15) is 11.5 Å². The van der Waals surface area contributed by atoms with E-state index in [1.807, 2.05) is 29.2 Å². The molecule has 1 fully saturated rings. The molecule has 5 heteroatoms. The summed E-state index contributed by atoms with van der Waals surface area (Å²) < 4.78 is 11.1. The van der Waals surface area contributed by atoms with Gasteiger partial charge in [0, 0.05) is 30.2 Å². The number of aromatic amines is 1. The van der Waals surface area contributed by atoms with Gasteiger partial charge in [-0.05, 0) is 79.6 Å². The van der Waals surface area contributed by atoms with Crippen molar-refractivity contribution >= 4 is 16.8 Å². The number of aryl methyl sites for hydroxylation is 2. The molecule has 0 saturated carbocycles. The van der Waals surface area contributed by atoms with Gasteiger partial charge in [-0.25, -0.2) is 0 Å². The first-order chi connectivity index (χ1) is 14.0. The summed E-state index contributed by atoms with van der Waals surface area (Å²) in [6.07, 6.45) is 4.02. The number of benzene rings is 2. The molecule has 29 heavy (non-hydrogen) atoms. The van der Waals surface area contributed by atoms with Gasteiger partial charge in [-0.3, -0.25) is 4.79 Å². The van der Waals surface area contributed by atoms with Crippen LogP contribution in [0.1, 0.15) is 35.4 Å². The Kier molecular flexibility index (Phi) is 5.47. The summed E-state index contributed by atoms with van der Waals surface area (Å²) in [4.78, 5) is 17.9. The normalized spacial score (nSPS) is 14.9. The topological polar surface area (TPSA) is 54.6 Å². The number of nitrogens with zero attached hydrogens (tertiary/aromatic N) is 1. The second kappa shape index (κ2) is 8.19. The first-order valence-corrected chi connectivity index (χ1v) is 10.2. The highest BCUT2D eigenvalue weighted by molar-refractivity contribution is 5.85. The molecule has 0 aliphatic carbocycles. The second-order valence-corrected chi connectivity index (χ2v) is 7.85. The Labute approximate surface area is 171 Å². The zero-order valence-electron chi connectivity index (χ0n) is 17.3. The summed E-state index contributed by atoms with van der Waals surface area (Å²) >= 11 is 0. The monoisotopic (exact) mass is 392 g/mol. The molecule has 1 N–H and O–H groups in total. The number of likely N-dealkylation sites (tertiary alicyclic amines) is 1. The number of ether oxygens (including phenoxy) is 2. The highest BCUT2D eigenvalue weighted by Crippen LogP contribution is 2.34. The number of carbonyl (C=O) groups is 1. The zero-order chi connectivity index (χ0) is 20.4. The number of hydrogen-bond acceptors (Lipinski definition) is 3. The highest BCUT2D eigenvalue weighted by Gasteiger charge is 2.25. The maximum Gasteiger partial charge on any atom is 0.260 e. The summed E-state index contributed by atoms with van der Waals surface area (Å²) in [5.41, 5.74) is 4.84. The number of methoxy groups -OCH3 is 1. The van der Waals surface area contributed by atoms with E-state index in [2.05, 4.69) is 37.2 Å². The van der Waals surface area contributed by atoms with Crippen LogP contribution in [0.3, 0.4) is 0 Å². The molecule has 0 bridgehead atoms. The van der Waals surface area contributed by atoms with Gasteiger partial charge in [0.25, 0.3) is 5.91 Å². The number of aromatic nitrogens is 1. The smallest absolute Gasteiger partial charge is 0.260 e. The largest absolute Gasteiger partial charge is 0.497 e. The molecule has 1 aromatic heterocycles. The van der Waals surface area contributed by atoms with Gasteiger partial charge in [-0.1, -0.05) is 6.07 Å². The minimum atomic E-state index is 0.0577. The third kappa shape index (κ3) is 4.09. The van der Waals surface area contributed by atoms with Crippen LogP contribution in [0.4, 0.5) is 0 Å². The molecule has 1 amide bonds. The fourth-order valence-corrected chi connectivity index (χ4v) is 4.07. The van der Waals surface area contributed by atoms with Crippen molar-refractivity contribution in [2.75, 3.05) is 26.8 Å². The Morgan fingerprint density at radius 3 is 2.55 bits per heavy atom. The lowest BCUT2D eigenvalue weighted by Gasteiger charge is -2.32. The Balaban J connectivity index is 1.35. The predicted octanol–water partition coefficient (Wildman–Crippen LogP) is 4.58. The van der Waals surface area contributed by atoms with Gasteiger partial charge >= 0.3 is 0 Å². The minimum absolute atomic E-state index is 0.0577. The van der Waals surface area contributed by atoms with Gasteiger partial charge in [-0.2, -0.15) is 0 Å².